The Bertz CT molecular complexity index is 1800. The van der Waals surface area contributed by atoms with Crippen LogP contribution in [0.3, 0.4) is 0 Å². The van der Waals surface area contributed by atoms with Crippen molar-refractivity contribution in [3.05, 3.63) is 102 Å². The van der Waals surface area contributed by atoms with Gasteiger partial charge in [0.2, 0.25) is 0 Å². The average molecular weight is 570 g/mol. The van der Waals surface area contributed by atoms with Crippen LogP contribution in [-0.4, -0.2) is 20.3 Å². The third kappa shape index (κ3) is 4.21. The number of halogens is 6. The first-order valence-corrected chi connectivity index (χ1v) is 13.4. The highest BCUT2D eigenvalue weighted by Crippen LogP contribution is 2.50. The fourth-order valence-electron chi connectivity index (χ4n) is 4.95. The molecule has 1 aliphatic heterocycles. The molecule has 1 unspecified atom stereocenters. The van der Waals surface area contributed by atoms with Gasteiger partial charge in [-0.3, -0.25) is 9.78 Å². The first-order chi connectivity index (χ1) is 18.9. The number of hydrogen-bond acceptors (Lipinski definition) is 4. The van der Waals surface area contributed by atoms with Crippen molar-refractivity contribution in [1.29, 1.82) is 0 Å². The number of nitrogens with zero attached hydrogens (tertiary/aromatic N) is 3. The maximum Gasteiger partial charge on any atom is 0.434 e. The minimum atomic E-state index is -5.00. The summed E-state index contributed by atoms with van der Waals surface area (Å²) in [5, 5.41) is 4.74. The number of carbonyl (C=O) groups is 1. The highest BCUT2D eigenvalue weighted by atomic mass is 31.1. The molecule has 12 heteroatoms. The van der Waals surface area contributed by atoms with Crippen LogP contribution in [0.4, 0.5) is 32.0 Å². The Balaban J connectivity index is 1.53. The summed E-state index contributed by atoms with van der Waals surface area (Å²) in [7, 11) is -1.41. The number of alkyl halides is 6. The van der Waals surface area contributed by atoms with Gasteiger partial charge in [-0.1, -0.05) is 54.6 Å². The molecule has 0 saturated heterocycles. The van der Waals surface area contributed by atoms with Gasteiger partial charge in [0.15, 0.2) is 11.2 Å². The number of benzene rings is 3. The zero-order chi connectivity index (χ0) is 28.4. The van der Waals surface area contributed by atoms with Gasteiger partial charge in [0.25, 0.3) is 0 Å². The van der Waals surface area contributed by atoms with E-state index in [1.165, 1.54) is 6.20 Å². The van der Waals surface area contributed by atoms with Crippen LogP contribution in [0.25, 0.3) is 27.6 Å². The van der Waals surface area contributed by atoms with E-state index in [1.807, 2.05) is 30.3 Å². The molecular weight excluding hydrogens is 553 g/mol. The van der Waals surface area contributed by atoms with Crippen LogP contribution in [0.5, 0.6) is 0 Å². The lowest BCUT2D eigenvalue weighted by molar-refractivity contribution is -0.142. The number of hydrogen-bond donors (Lipinski definition) is 1. The van der Waals surface area contributed by atoms with Crippen molar-refractivity contribution in [2.75, 3.05) is 5.73 Å². The van der Waals surface area contributed by atoms with Gasteiger partial charge < -0.3 is 5.73 Å². The van der Waals surface area contributed by atoms with Crippen molar-refractivity contribution in [3.63, 3.8) is 0 Å². The minimum Gasteiger partial charge on any atom is -0.398 e. The predicted octanol–water partition coefficient (Wildman–Crippen LogP) is 7.17. The predicted molar refractivity (Wildman–Crippen MR) is 140 cm³/mol. The molecule has 3 aromatic carbocycles. The van der Waals surface area contributed by atoms with Gasteiger partial charge in [0.1, 0.15) is 0 Å². The Hall–Kier alpha value is -4.24. The van der Waals surface area contributed by atoms with E-state index in [4.69, 9.17) is 5.73 Å². The Labute approximate surface area is 224 Å². The SMILES string of the molecule is Nc1ccc(-c2cnn(-c3cnc4c5c(cccc35)C(=O)P4Cc3ccccc3)c2C(F)(F)F)cc1C(F)(F)F. The largest absolute Gasteiger partial charge is 0.434 e. The Morgan fingerprint density at radius 3 is 2.30 bits per heavy atom. The number of anilines is 1. The van der Waals surface area contributed by atoms with E-state index in [0.717, 1.165) is 23.9 Å². The second kappa shape index (κ2) is 9.16. The van der Waals surface area contributed by atoms with Gasteiger partial charge in [-0.05, 0) is 23.3 Å². The third-order valence-corrected chi connectivity index (χ3v) is 8.99. The van der Waals surface area contributed by atoms with Crippen LogP contribution >= 0.6 is 7.92 Å². The van der Waals surface area contributed by atoms with Crippen molar-refractivity contribution in [2.45, 2.75) is 18.5 Å². The molecular formula is C28H17F6N4OP. The van der Waals surface area contributed by atoms with Gasteiger partial charge in [-0.25, -0.2) is 4.68 Å². The number of pyridine rings is 1. The van der Waals surface area contributed by atoms with Gasteiger partial charge in [-0.2, -0.15) is 31.4 Å². The number of nitrogen functional groups attached to an aromatic ring is 1. The van der Waals surface area contributed by atoms with Crippen molar-refractivity contribution in [3.8, 4) is 16.8 Å². The Morgan fingerprint density at radius 2 is 1.60 bits per heavy atom. The van der Waals surface area contributed by atoms with E-state index in [2.05, 4.69) is 10.1 Å². The number of carbonyl (C=O) groups excluding carboxylic acids is 1. The van der Waals surface area contributed by atoms with Crippen LogP contribution in [0.2, 0.25) is 0 Å². The highest BCUT2D eigenvalue weighted by molar-refractivity contribution is 7.82. The van der Waals surface area contributed by atoms with E-state index in [-0.39, 0.29) is 16.8 Å². The molecule has 6 rings (SSSR count). The standard InChI is InChI=1S/C28H17F6N4OP/c29-27(30,31)20-11-16(9-10-21(20)35)19-12-37-38(24(19)28(32,33)34)22-13-36-25-23-17(22)7-4-8-18(23)26(39)40(25)14-15-5-2-1-3-6-15/h1-13H,14,35H2. The zero-order valence-corrected chi connectivity index (χ0v) is 21.1. The van der Waals surface area contributed by atoms with Gasteiger partial charge >= 0.3 is 12.4 Å². The summed E-state index contributed by atoms with van der Waals surface area (Å²) in [5.41, 5.74) is 3.08. The molecule has 0 fully saturated rings. The maximum atomic E-state index is 14.5. The minimum absolute atomic E-state index is 0.0463. The van der Waals surface area contributed by atoms with Crippen molar-refractivity contribution < 1.29 is 31.1 Å². The first kappa shape index (κ1) is 26.0. The summed E-state index contributed by atoms with van der Waals surface area (Å²) < 4.78 is 84.4. The zero-order valence-electron chi connectivity index (χ0n) is 20.3. The second-order valence-electron chi connectivity index (χ2n) is 9.19. The Kier molecular flexibility index (Phi) is 5.96. The number of nitrogens with two attached hydrogens (primary N) is 1. The molecule has 202 valence electrons. The van der Waals surface area contributed by atoms with Crippen LogP contribution in [0.15, 0.2) is 79.1 Å². The molecule has 1 atom stereocenters. The van der Waals surface area contributed by atoms with E-state index in [0.29, 0.717) is 38.7 Å². The second-order valence-corrected chi connectivity index (χ2v) is 11.2. The lowest BCUT2D eigenvalue weighted by atomic mass is 10.0. The number of rotatable bonds is 4. The van der Waals surface area contributed by atoms with E-state index >= 15 is 0 Å². The smallest absolute Gasteiger partial charge is 0.398 e. The molecule has 40 heavy (non-hydrogen) atoms. The van der Waals surface area contributed by atoms with Crippen LogP contribution in [0.1, 0.15) is 27.2 Å². The van der Waals surface area contributed by atoms with Crippen molar-refractivity contribution >= 4 is 35.3 Å². The lowest BCUT2D eigenvalue weighted by Gasteiger charge is -2.16. The summed E-state index contributed by atoms with van der Waals surface area (Å²) >= 11 is 0. The molecule has 2 N–H and O–H groups in total. The molecule has 3 heterocycles. The van der Waals surface area contributed by atoms with Crippen LogP contribution in [0, 0.1) is 0 Å². The quantitative estimate of drug-likeness (QED) is 0.141. The summed E-state index contributed by atoms with van der Waals surface area (Å²) in [4.78, 5) is 17.8. The monoisotopic (exact) mass is 570 g/mol. The molecule has 1 aliphatic rings. The lowest BCUT2D eigenvalue weighted by Crippen LogP contribution is -2.16. The molecule has 0 spiro atoms. The van der Waals surface area contributed by atoms with Gasteiger partial charge in [0, 0.05) is 41.7 Å². The third-order valence-electron chi connectivity index (χ3n) is 6.72. The average Bonchev–Trinajstić information content (AvgIpc) is 3.47. The molecule has 5 aromatic rings. The molecule has 0 amide bonds. The molecule has 2 aromatic heterocycles. The van der Waals surface area contributed by atoms with E-state index in [9.17, 15) is 31.1 Å². The summed E-state index contributed by atoms with van der Waals surface area (Å²) in [6.45, 7) is 0. The molecule has 0 aliphatic carbocycles. The Morgan fingerprint density at radius 1 is 0.850 bits per heavy atom. The first-order valence-electron chi connectivity index (χ1n) is 11.9. The summed E-state index contributed by atoms with van der Waals surface area (Å²) in [6.07, 6.45) is -7.32. The van der Waals surface area contributed by atoms with Gasteiger partial charge in [-0.15, -0.1) is 0 Å². The molecule has 5 nitrogen and oxygen atoms in total. The molecule has 0 radical (unpaired) electrons. The van der Waals surface area contributed by atoms with Crippen LogP contribution < -0.4 is 11.2 Å². The highest BCUT2D eigenvalue weighted by Gasteiger charge is 2.41. The van der Waals surface area contributed by atoms with Crippen molar-refractivity contribution in [2.24, 2.45) is 0 Å². The van der Waals surface area contributed by atoms with E-state index < -0.39 is 42.8 Å². The summed E-state index contributed by atoms with van der Waals surface area (Å²) in [6, 6.07) is 16.7. The number of aromatic nitrogens is 3. The molecule has 0 bridgehead atoms. The summed E-state index contributed by atoms with van der Waals surface area (Å²) in [5.74, 6) is 0. The fraction of sp³-hybridized carbons (Fsp3) is 0.107. The molecule has 0 saturated carbocycles. The van der Waals surface area contributed by atoms with Gasteiger partial charge in [0.05, 0.1) is 29.1 Å². The maximum absolute atomic E-state index is 14.5. The normalized spacial score (nSPS) is 15.2. The van der Waals surface area contributed by atoms with E-state index in [1.54, 1.807) is 18.2 Å². The van der Waals surface area contributed by atoms with Crippen LogP contribution in [-0.2, 0) is 18.5 Å². The van der Waals surface area contributed by atoms with Crippen molar-refractivity contribution in [1.82, 2.24) is 14.8 Å². The topological polar surface area (TPSA) is 73.8 Å². The fourth-order valence-corrected chi connectivity index (χ4v) is 7.20.